The van der Waals surface area contributed by atoms with E-state index in [0.29, 0.717) is 45.2 Å². The van der Waals surface area contributed by atoms with Gasteiger partial charge in [0.2, 0.25) is 5.91 Å². The van der Waals surface area contributed by atoms with Gasteiger partial charge in [-0.3, -0.25) is 4.79 Å². The first-order valence-electron chi connectivity index (χ1n) is 10.0. The lowest BCUT2D eigenvalue weighted by Crippen LogP contribution is -2.51. The Labute approximate surface area is 189 Å². The van der Waals surface area contributed by atoms with Gasteiger partial charge < -0.3 is 15.6 Å². The Balaban J connectivity index is 0.00000306. The monoisotopic (exact) mass is 460 g/mol. The fourth-order valence-electron chi connectivity index (χ4n) is 3.39. The number of amides is 1. The van der Waals surface area contributed by atoms with E-state index >= 15 is 0 Å². The predicted octanol–water partition coefficient (Wildman–Crippen LogP) is 5.03. The molecular weight excluding hydrogens is 438 g/mol. The van der Waals surface area contributed by atoms with Crippen LogP contribution in [0, 0.1) is 0 Å². The number of hydrogen-bond donors (Lipinski definition) is 3. The standard InChI is InChI=1S/C22H21ClF2N6O.H2/c1-3-22(2,21(32)28-11-17(24)25)31-20-13-6-4-5-7-16(13)29-19(30-20)15-10-27-18-14(15)8-12(23)9-26-18;/h4-10,17H,3,11H2,1-2H3,(H,26,27)(H,28,32)(H,29,30,31);1H/t22-;/m1./s1. The Kier molecular flexibility index (Phi) is 5.92. The quantitative estimate of drug-likeness (QED) is 0.359. The van der Waals surface area contributed by atoms with Gasteiger partial charge >= 0.3 is 0 Å². The number of nitrogens with one attached hydrogen (secondary N) is 3. The van der Waals surface area contributed by atoms with Crippen molar-refractivity contribution in [2.24, 2.45) is 0 Å². The molecule has 1 aromatic carbocycles. The zero-order chi connectivity index (χ0) is 22.9. The molecule has 0 saturated heterocycles. The first-order valence-corrected chi connectivity index (χ1v) is 10.4. The molecule has 0 aliphatic carbocycles. The first-order chi connectivity index (χ1) is 15.3. The molecule has 7 nitrogen and oxygen atoms in total. The third-order valence-electron chi connectivity index (χ3n) is 5.36. The average molecular weight is 461 g/mol. The van der Waals surface area contributed by atoms with Gasteiger partial charge in [0.25, 0.3) is 6.43 Å². The Bertz CT molecular complexity index is 1300. The van der Waals surface area contributed by atoms with E-state index in [1.165, 1.54) is 0 Å². The maximum Gasteiger partial charge on any atom is 0.255 e. The summed E-state index contributed by atoms with van der Waals surface area (Å²) in [6, 6.07) is 9.14. The fourth-order valence-corrected chi connectivity index (χ4v) is 3.55. The van der Waals surface area contributed by atoms with Crippen molar-refractivity contribution in [3.63, 3.8) is 0 Å². The summed E-state index contributed by atoms with van der Waals surface area (Å²) >= 11 is 6.13. The van der Waals surface area contributed by atoms with Gasteiger partial charge in [-0.1, -0.05) is 30.7 Å². The summed E-state index contributed by atoms with van der Waals surface area (Å²) in [7, 11) is 0. The van der Waals surface area contributed by atoms with Crippen LogP contribution in [-0.4, -0.2) is 44.4 Å². The lowest BCUT2D eigenvalue weighted by atomic mass is 9.97. The van der Waals surface area contributed by atoms with Crippen LogP contribution in [0.3, 0.4) is 0 Å². The molecule has 32 heavy (non-hydrogen) atoms. The second-order valence-electron chi connectivity index (χ2n) is 7.58. The van der Waals surface area contributed by atoms with E-state index in [1.807, 2.05) is 24.3 Å². The van der Waals surface area contributed by atoms with Crippen LogP contribution in [0.5, 0.6) is 0 Å². The highest BCUT2D eigenvalue weighted by molar-refractivity contribution is 6.31. The van der Waals surface area contributed by atoms with E-state index in [9.17, 15) is 13.6 Å². The number of alkyl halides is 2. The van der Waals surface area contributed by atoms with Crippen LogP contribution in [0.15, 0.2) is 42.7 Å². The maximum absolute atomic E-state index is 12.7. The zero-order valence-corrected chi connectivity index (χ0v) is 18.2. The van der Waals surface area contributed by atoms with Crippen LogP contribution in [0.4, 0.5) is 14.6 Å². The van der Waals surface area contributed by atoms with Gasteiger partial charge in [-0.25, -0.2) is 23.7 Å². The van der Waals surface area contributed by atoms with Crippen molar-refractivity contribution < 1.29 is 15.0 Å². The molecule has 1 atom stereocenters. The number of rotatable bonds is 7. The van der Waals surface area contributed by atoms with E-state index < -0.39 is 24.4 Å². The summed E-state index contributed by atoms with van der Waals surface area (Å²) in [5.74, 6) is 0.298. The van der Waals surface area contributed by atoms with Crippen molar-refractivity contribution in [2.45, 2.75) is 32.2 Å². The molecule has 3 aromatic heterocycles. The number of benzene rings is 1. The normalized spacial score (nSPS) is 13.4. The van der Waals surface area contributed by atoms with Gasteiger partial charge in [0.15, 0.2) is 5.82 Å². The molecule has 0 spiro atoms. The van der Waals surface area contributed by atoms with Crippen molar-refractivity contribution in [3.8, 4) is 11.4 Å². The van der Waals surface area contributed by atoms with E-state index in [2.05, 4.69) is 25.6 Å². The number of carbonyl (C=O) groups excluding carboxylic acids is 1. The number of hydrogen-bond acceptors (Lipinski definition) is 5. The van der Waals surface area contributed by atoms with Crippen molar-refractivity contribution >= 4 is 45.3 Å². The van der Waals surface area contributed by atoms with Gasteiger partial charge in [0.1, 0.15) is 17.0 Å². The highest BCUT2D eigenvalue weighted by atomic mass is 35.5. The number of carbonyl (C=O) groups is 1. The number of H-pyrrole nitrogens is 1. The Hall–Kier alpha value is -3.33. The van der Waals surface area contributed by atoms with Crippen molar-refractivity contribution in [3.05, 3.63) is 47.7 Å². The van der Waals surface area contributed by atoms with Crippen LogP contribution in [0.2, 0.25) is 5.02 Å². The van der Waals surface area contributed by atoms with Crippen molar-refractivity contribution in [2.75, 3.05) is 11.9 Å². The minimum atomic E-state index is -2.63. The second-order valence-corrected chi connectivity index (χ2v) is 8.01. The molecule has 0 bridgehead atoms. The highest BCUT2D eigenvalue weighted by Gasteiger charge is 2.32. The number of aromatic amines is 1. The third-order valence-corrected chi connectivity index (χ3v) is 5.57. The van der Waals surface area contributed by atoms with Gasteiger partial charge in [0.05, 0.1) is 17.1 Å². The number of anilines is 1. The van der Waals surface area contributed by atoms with Crippen molar-refractivity contribution in [1.82, 2.24) is 25.3 Å². The Morgan fingerprint density at radius 2 is 2.06 bits per heavy atom. The molecule has 3 heterocycles. The van der Waals surface area contributed by atoms with Gasteiger partial charge in [-0.2, -0.15) is 0 Å². The summed E-state index contributed by atoms with van der Waals surface area (Å²) in [6.45, 7) is 2.74. The molecule has 1 amide bonds. The molecular formula is C22H23ClF2N6O. The van der Waals surface area contributed by atoms with Crippen LogP contribution in [0.1, 0.15) is 21.7 Å². The fraction of sp³-hybridized carbons (Fsp3) is 0.273. The molecule has 168 valence electrons. The molecule has 0 aliphatic heterocycles. The first kappa shape index (κ1) is 21.9. The number of para-hydroxylation sites is 1. The van der Waals surface area contributed by atoms with Gasteiger partial charge in [0, 0.05) is 30.2 Å². The lowest BCUT2D eigenvalue weighted by molar-refractivity contribution is -0.125. The molecule has 4 rings (SSSR count). The summed E-state index contributed by atoms with van der Waals surface area (Å²) < 4.78 is 25.2. The molecule has 3 N–H and O–H groups in total. The molecule has 0 saturated carbocycles. The zero-order valence-electron chi connectivity index (χ0n) is 17.4. The van der Waals surface area contributed by atoms with Gasteiger partial charge in [-0.15, -0.1) is 0 Å². The number of nitrogens with zero attached hydrogens (tertiary/aromatic N) is 3. The smallest absolute Gasteiger partial charge is 0.255 e. The van der Waals surface area contributed by atoms with E-state index in [-0.39, 0.29) is 1.43 Å². The predicted molar refractivity (Wildman–Crippen MR) is 123 cm³/mol. The summed E-state index contributed by atoms with van der Waals surface area (Å²) in [5, 5.41) is 7.40. The summed E-state index contributed by atoms with van der Waals surface area (Å²) in [6.07, 6.45) is 1.01. The van der Waals surface area contributed by atoms with Crippen LogP contribution in [0.25, 0.3) is 33.3 Å². The number of fused-ring (bicyclic) bond motifs is 2. The Morgan fingerprint density at radius 1 is 1.28 bits per heavy atom. The molecule has 0 fully saturated rings. The number of halogens is 3. The summed E-state index contributed by atoms with van der Waals surface area (Å²) in [5.41, 5.74) is 0.842. The molecule has 4 aromatic rings. The number of aromatic nitrogens is 4. The Morgan fingerprint density at radius 3 is 2.81 bits per heavy atom. The molecule has 0 unspecified atom stereocenters. The minimum Gasteiger partial charge on any atom is -0.356 e. The van der Waals surface area contributed by atoms with E-state index in [4.69, 9.17) is 16.6 Å². The van der Waals surface area contributed by atoms with Crippen molar-refractivity contribution in [1.29, 1.82) is 0 Å². The maximum atomic E-state index is 12.7. The summed E-state index contributed by atoms with van der Waals surface area (Å²) in [4.78, 5) is 29.4. The highest BCUT2D eigenvalue weighted by Crippen LogP contribution is 2.32. The largest absolute Gasteiger partial charge is 0.356 e. The van der Waals surface area contributed by atoms with Crippen LogP contribution >= 0.6 is 11.6 Å². The number of pyridine rings is 1. The van der Waals surface area contributed by atoms with Crippen LogP contribution < -0.4 is 10.6 Å². The topological polar surface area (TPSA) is 95.6 Å². The molecule has 10 heteroatoms. The average Bonchev–Trinajstić information content (AvgIpc) is 3.20. The lowest BCUT2D eigenvalue weighted by Gasteiger charge is -2.29. The van der Waals surface area contributed by atoms with Gasteiger partial charge in [-0.05, 0) is 31.5 Å². The van der Waals surface area contributed by atoms with E-state index in [0.717, 1.165) is 5.39 Å². The minimum absolute atomic E-state index is 0. The molecule has 0 radical (unpaired) electrons. The van der Waals surface area contributed by atoms with Crippen LogP contribution in [-0.2, 0) is 4.79 Å². The third kappa shape index (κ3) is 4.20. The SMILES string of the molecule is CC[C@@](C)(Nc1nc(-c2c[nH]c3ncc(Cl)cc23)nc2ccccc12)C(=O)NCC(F)F.[HH]. The molecule has 0 aliphatic rings. The van der Waals surface area contributed by atoms with E-state index in [1.54, 1.807) is 32.3 Å². The second kappa shape index (κ2) is 8.66.